The van der Waals surface area contributed by atoms with Crippen LogP contribution in [0.25, 0.3) is 17.1 Å². The van der Waals surface area contributed by atoms with Crippen molar-refractivity contribution in [3.63, 3.8) is 0 Å². The van der Waals surface area contributed by atoms with E-state index in [1.807, 2.05) is 59.2 Å². The standard InChI is InChI=1S/C23H17Br2N5O2S/c24-17-6-9-19(10-7-17)30-22(15-4-2-1-3-5-15)28-29-23(30)33-14-21(32)27-26-13-16-12-18(25)8-11-20(16)31/h1-13,31H,14H2,(H,27,32)/b26-13+. The average Bonchev–Trinajstić information content (AvgIpc) is 3.25. The number of nitrogens with one attached hydrogen (secondary N) is 1. The van der Waals surface area contributed by atoms with Gasteiger partial charge in [-0.05, 0) is 42.5 Å². The lowest BCUT2D eigenvalue weighted by Gasteiger charge is -2.10. The molecule has 0 radical (unpaired) electrons. The Balaban J connectivity index is 1.50. The number of benzene rings is 3. The summed E-state index contributed by atoms with van der Waals surface area (Å²) in [5.74, 6) is 0.536. The molecule has 4 aromatic rings. The van der Waals surface area contributed by atoms with Gasteiger partial charge in [-0.1, -0.05) is 74.0 Å². The predicted molar refractivity (Wildman–Crippen MR) is 137 cm³/mol. The third-order valence-corrected chi connectivity index (χ3v) is 6.42. The van der Waals surface area contributed by atoms with Crippen molar-refractivity contribution >= 4 is 55.7 Å². The van der Waals surface area contributed by atoms with Gasteiger partial charge >= 0.3 is 0 Å². The van der Waals surface area contributed by atoms with Gasteiger partial charge in [-0.25, -0.2) is 5.43 Å². The molecule has 0 aliphatic rings. The molecule has 0 saturated carbocycles. The summed E-state index contributed by atoms with van der Waals surface area (Å²) in [5, 5.41) is 23.1. The number of thioether (sulfide) groups is 1. The first-order valence-corrected chi connectivity index (χ1v) is 12.3. The van der Waals surface area contributed by atoms with Crippen LogP contribution in [0.5, 0.6) is 5.75 Å². The molecule has 10 heteroatoms. The van der Waals surface area contributed by atoms with Crippen LogP contribution >= 0.6 is 43.6 Å². The van der Waals surface area contributed by atoms with Crippen molar-refractivity contribution in [1.29, 1.82) is 0 Å². The molecular formula is C23H17Br2N5O2S. The number of phenolic OH excluding ortho intramolecular Hbond substituents is 1. The molecule has 3 aromatic carbocycles. The number of rotatable bonds is 7. The molecule has 1 heterocycles. The van der Waals surface area contributed by atoms with Gasteiger partial charge < -0.3 is 5.11 Å². The molecule has 1 amide bonds. The summed E-state index contributed by atoms with van der Waals surface area (Å²) in [6, 6.07) is 22.5. The van der Waals surface area contributed by atoms with Gasteiger partial charge in [-0.3, -0.25) is 9.36 Å². The molecule has 0 spiro atoms. The lowest BCUT2D eigenvalue weighted by Crippen LogP contribution is -2.20. The Hall–Kier alpha value is -2.95. The third-order valence-electron chi connectivity index (χ3n) is 4.46. The topological polar surface area (TPSA) is 92.4 Å². The molecule has 33 heavy (non-hydrogen) atoms. The summed E-state index contributed by atoms with van der Waals surface area (Å²) < 4.78 is 3.68. The van der Waals surface area contributed by atoms with Crippen molar-refractivity contribution < 1.29 is 9.90 Å². The number of nitrogens with zero attached hydrogens (tertiary/aromatic N) is 4. The van der Waals surface area contributed by atoms with Crippen LogP contribution in [0.3, 0.4) is 0 Å². The summed E-state index contributed by atoms with van der Waals surface area (Å²) in [5.41, 5.74) is 4.76. The van der Waals surface area contributed by atoms with Crippen molar-refractivity contribution in [2.24, 2.45) is 5.10 Å². The monoisotopic (exact) mass is 585 g/mol. The van der Waals surface area contributed by atoms with Crippen molar-refractivity contribution in [2.75, 3.05) is 5.75 Å². The second-order valence-electron chi connectivity index (χ2n) is 6.77. The maximum atomic E-state index is 12.3. The highest BCUT2D eigenvalue weighted by atomic mass is 79.9. The number of amides is 1. The number of hydrogen-bond donors (Lipinski definition) is 2. The van der Waals surface area contributed by atoms with Crippen molar-refractivity contribution in [2.45, 2.75) is 5.16 Å². The van der Waals surface area contributed by atoms with E-state index in [4.69, 9.17) is 0 Å². The number of halogens is 2. The Bertz CT molecular complexity index is 1290. The summed E-state index contributed by atoms with van der Waals surface area (Å²) in [6.07, 6.45) is 1.39. The molecule has 0 aliphatic heterocycles. The first-order chi connectivity index (χ1) is 16.0. The molecule has 2 N–H and O–H groups in total. The Morgan fingerprint density at radius 1 is 1.03 bits per heavy atom. The van der Waals surface area contributed by atoms with E-state index in [9.17, 15) is 9.90 Å². The van der Waals surface area contributed by atoms with Gasteiger partial charge in [0.05, 0.1) is 12.0 Å². The number of phenols is 1. The van der Waals surface area contributed by atoms with Crippen LogP contribution < -0.4 is 5.43 Å². The van der Waals surface area contributed by atoms with E-state index in [0.29, 0.717) is 16.5 Å². The Morgan fingerprint density at radius 2 is 1.76 bits per heavy atom. The SMILES string of the molecule is O=C(CSc1nnc(-c2ccccc2)n1-c1ccc(Br)cc1)N/N=C/c1cc(Br)ccc1O. The van der Waals surface area contributed by atoms with Gasteiger partial charge in [-0.2, -0.15) is 5.10 Å². The number of aromatic nitrogens is 3. The van der Waals surface area contributed by atoms with E-state index in [1.165, 1.54) is 18.0 Å². The predicted octanol–water partition coefficient (Wildman–Crippen LogP) is 5.41. The van der Waals surface area contributed by atoms with E-state index in [2.05, 4.69) is 52.6 Å². The summed E-state index contributed by atoms with van der Waals surface area (Å²) in [7, 11) is 0. The highest BCUT2D eigenvalue weighted by Crippen LogP contribution is 2.28. The van der Waals surface area contributed by atoms with E-state index >= 15 is 0 Å². The lowest BCUT2D eigenvalue weighted by molar-refractivity contribution is -0.118. The Morgan fingerprint density at radius 3 is 2.52 bits per heavy atom. The lowest BCUT2D eigenvalue weighted by atomic mass is 10.2. The zero-order valence-electron chi connectivity index (χ0n) is 17.0. The molecule has 166 valence electrons. The highest BCUT2D eigenvalue weighted by Gasteiger charge is 2.17. The molecule has 1 aromatic heterocycles. The number of hydrazone groups is 1. The highest BCUT2D eigenvalue weighted by molar-refractivity contribution is 9.10. The number of hydrogen-bond acceptors (Lipinski definition) is 6. The summed E-state index contributed by atoms with van der Waals surface area (Å²) >= 11 is 8.05. The molecule has 4 rings (SSSR count). The van der Waals surface area contributed by atoms with Gasteiger partial charge in [0.25, 0.3) is 5.91 Å². The van der Waals surface area contributed by atoms with E-state index in [-0.39, 0.29) is 17.4 Å². The van der Waals surface area contributed by atoms with Crippen molar-refractivity contribution in [1.82, 2.24) is 20.2 Å². The first-order valence-electron chi connectivity index (χ1n) is 9.71. The maximum Gasteiger partial charge on any atom is 0.250 e. The normalized spacial score (nSPS) is 11.1. The molecule has 0 atom stereocenters. The smallest absolute Gasteiger partial charge is 0.250 e. The molecule has 0 unspecified atom stereocenters. The molecule has 0 fully saturated rings. The quantitative estimate of drug-likeness (QED) is 0.172. The second kappa shape index (κ2) is 10.8. The van der Waals surface area contributed by atoms with Gasteiger partial charge in [0.1, 0.15) is 5.75 Å². The zero-order chi connectivity index (χ0) is 23.2. The van der Waals surface area contributed by atoms with Crippen LogP contribution in [0, 0.1) is 0 Å². The number of aromatic hydroxyl groups is 1. The van der Waals surface area contributed by atoms with Gasteiger partial charge in [0, 0.05) is 25.8 Å². The van der Waals surface area contributed by atoms with E-state index < -0.39 is 0 Å². The summed E-state index contributed by atoms with van der Waals surface area (Å²) in [6.45, 7) is 0. The van der Waals surface area contributed by atoms with Crippen LogP contribution in [0.2, 0.25) is 0 Å². The van der Waals surface area contributed by atoms with Gasteiger partial charge in [0.15, 0.2) is 11.0 Å². The largest absolute Gasteiger partial charge is 0.507 e. The zero-order valence-corrected chi connectivity index (χ0v) is 21.0. The fourth-order valence-corrected chi connectivity index (χ4v) is 4.31. The van der Waals surface area contributed by atoms with Crippen LogP contribution in [-0.2, 0) is 4.79 Å². The van der Waals surface area contributed by atoms with Crippen LogP contribution in [0.4, 0.5) is 0 Å². The fourth-order valence-electron chi connectivity index (χ4n) is 2.93. The molecule has 0 bridgehead atoms. The second-order valence-corrected chi connectivity index (χ2v) is 9.54. The molecule has 0 aliphatic carbocycles. The number of carbonyl (C=O) groups excluding carboxylic acids is 1. The van der Waals surface area contributed by atoms with Gasteiger partial charge in [0.2, 0.25) is 0 Å². The number of carbonyl (C=O) groups is 1. The minimum Gasteiger partial charge on any atom is -0.507 e. The molecule has 0 saturated heterocycles. The average molecular weight is 587 g/mol. The van der Waals surface area contributed by atoms with Crippen LogP contribution in [0.15, 0.2) is 92.0 Å². The molecular weight excluding hydrogens is 570 g/mol. The first kappa shape index (κ1) is 23.2. The fraction of sp³-hybridized carbons (Fsp3) is 0.0435. The summed E-state index contributed by atoms with van der Waals surface area (Å²) in [4.78, 5) is 12.3. The van der Waals surface area contributed by atoms with Crippen molar-refractivity contribution in [3.05, 3.63) is 87.3 Å². The van der Waals surface area contributed by atoms with E-state index in [1.54, 1.807) is 18.2 Å². The van der Waals surface area contributed by atoms with Crippen LogP contribution in [0.1, 0.15) is 5.56 Å². The molecule has 7 nitrogen and oxygen atoms in total. The minimum atomic E-state index is -0.308. The van der Waals surface area contributed by atoms with E-state index in [0.717, 1.165) is 20.2 Å². The third kappa shape index (κ3) is 5.89. The van der Waals surface area contributed by atoms with Gasteiger partial charge in [-0.15, -0.1) is 10.2 Å². The maximum absolute atomic E-state index is 12.3. The minimum absolute atomic E-state index is 0.0709. The Labute approximate surface area is 211 Å². The van der Waals surface area contributed by atoms with Crippen LogP contribution in [-0.4, -0.2) is 37.7 Å². The Kier molecular flexibility index (Phi) is 7.58. The van der Waals surface area contributed by atoms with Crippen molar-refractivity contribution in [3.8, 4) is 22.8 Å².